The molecular weight excluding hydrogens is 451 g/mol. The molecule has 108 valence electrons. The van der Waals surface area contributed by atoms with Crippen LogP contribution in [-0.4, -0.2) is 10.8 Å². The fourth-order valence-electron chi connectivity index (χ4n) is 1.67. The minimum Gasteiger partial charge on any atom is -0.322 e. The molecule has 0 aliphatic heterocycles. The maximum absolute atomic E-state index is 12.3. The van der Waals surface area contributed by atoms with Crippen molar-refractivity contribution in [3.63, 3.8) is 0 Å². The van der Waals surface area contributed by atoms with Gasteiger partial charge in [0, 0.05) is 25.9 Å². The highest BCUT2D eigenvalue weighted by molar-refractivity contribution is 14.1. The summed E-state index contributed by atoms with van der Waals surface area (Å²) in [5.41, 5.74) is 1.85. The Morgan fingerprint density at radius 1 is 1.29 bits per heavy atom. The quantitative estimate of drug-likeness (QED) is 0.415. The Morgan fingerprint density at radius 2 is 2.00 bits per heavy atom. The van der Waals surface area contributed by atoms with Crippen LogP contribution in [0.1, 0.15) is 15.9 Å². The maximum atomic E-state index is 12.3. The second kappa shape index (κ2) is 6.52. The van der Waals surface area contributed by atoms with Gasteiger partial charge in [-0.2, -0.15) is 0 Å². The van der Waals surface area contributed by atoms with E-state index in [9.17, 15) is 14.9 Å². The Balaban J connectivity index is 2.29. The summed E-state index contributed by atoms with van der Waals surface area (Å²) in [5, 5.41) is 13.5. The number of carbonyl (C=O) groups is 1. The number of nitrogens with zero attached hydrogens (tertiary/aromatic N) is 1. The third kappa shape index (κ3) is 3.79. The van der Waals surface area contributed by atoms with Gasteiger partial charge in [0.1, 0.15) is 0 Å². The number of aryl methyl sites for hydroxylation is 1. The van der Waals surface area contributed by atoms with Crippen molar-refractivity contribution in [1.82, 2.24) is 0 Å². The highest BCUT2D eigenvalue weighted by atomic mass is 127. The van der Waals surface area contributed by atoms with Crippen LogP contribution in [0.5, 0.6) is 0 Å². The largest absolute Gasteiger partial charge is 0.322 e. The molecule has 7 heteroatoms. The van der Waals surface area contributed by atoms with Gasteiger partial charge >= 0.3 is 0 Å². The molecule has 2 aromatic rings. The Labute approximate surface area is 143 Å². The topological polar surface area (TPSA) is 72.2 Å². The number of nitro benzene ring substituents is 1. The van der Waals surface area contributed by atoms with Crippen molar-refractivity contribution < 1.29 is 9.72 Å². The van der Waals surface area contributed by atoms with Gasteiger partial charge in [0.25, 0.3) is 11.6 Å². The summed E-state index contributed by atoms with van der Waals surface area (Å²) in [5.74, 6) is -0.376. The van der Waals surface area contributed by atoms with Crippen molar-refractivity contribution in [2.45, 2.75) is 6.92 Å². The zero-order valence-corrected chi connectivity index (χ0v) is 14.6. The SMILES string of the molecule is Cc1ccc(NC(=O)c2cc([N+](=O)[O-])ccc2I)cc1Br. The van der Waals surface area contributed by atoms with E-state index in [1.165, 1.54) is 12.1 Å². The van der Waals surface area contributed by atoms with Crippen LogP contribution in [-0.2, 0) is 0 Å². The minimum atomic E-state index is -0.519. The second-order valence-corrected chi connectivity index (χ2v) is 6.36. The summed E-state index contributed by atoms with van der Waals surface area (Å²) in [6, 6.07) is 9.65. The lowest BCUT2D eigenvalue weighted by molar-refractivity contribution is -0.384. The Morgan fingerprint density at radius 3 is 2.62 bits per heavy atom. The summed E-state index contributed by atoms with van der Waals surface area (Å²) in [4.78, 5) is 22.5. The minimum absolute atomic E-state index is 0.106. The summed E-state index contributed by atoms with van der Waals surface area (Å²) in [6.07, 6.45) is 0. The van der Waals surface area contributed by atoms with Gasteiger partial charge in [-0.25, -0.2) is 0 Å². The van der Waals surface area contributed by atoms with E-state index < -0.39 is 4.92 Å². The number of benzene rings is 2. The zero-order chi connectivity index (χ0) is 15.6. The molecule has 0 bridgehead atoms. The van der Waals surface area contributed by atoms with Crippen molar-refractivity contribution in [2.75, 3.05) is 5.32 Å². The van der Waals surface area contributed by atoms with Gasteiger partial charge < -0.3 is 5.32 Å². The molecule has 0 aliphatic rings. The number of amides is 1. The first-order chi connectivity index (χ1) is 9.88. The fourth-order valence-corrected chi connectivity index (χ4v) is 2.63. The number of carbonyl (C=O) groups excluding carboxylic acids is 1. The molecule has 0 spiro atoms. The first-order valence-corrected chi connectivity index (χ1v) is 7.77. The van der Waals surface area contributed by atoms with Crippen molar-refractivity contribution in [1.29, 1.82) is 0 Å². The van der Waals surface area contributed by atoms with Gasteiger partial charge in [-0.1, -0.05) is 22.0 Å². The van der Waals surface area contributed by atoms with E-state index in [4.69, 9.17) is 0 Å². The van der Waals surface area contributed by atoms with Crippen LogP contribution in [0.25, 0.3) is 0 Å². The van der Waals surface area contributed by atoms with Crippen LogP contribution in [0.15, 0.2) is 40.9 Å². The molecule has 0 unspecified atom stereocenters. The number of rotatable bonds is 3. The maximum Gasteiger partial charge on any atom is 0.270 e. The molecule has 0 saturated heterocycles. The molecule has 1 N–H and O–H groups in total. The molecule has 5 nitrogen and oxygen atoms in total. The third-order valence-corrected chi connectivity index (χ3v) is 4.63. The molecule has 0 atom stereocenters. The number of halogens is 2. The predicted octanol–water partition coefficient (Wildman–Crippen LogP) is 4.52. The van der Waals surface area contributed by atoms with E-state index in [1.807, 2.05) is 35.6 Å². The smallest absolute Gasteiger partial charge is 0.270 e. The van der Waals surface area contributed by atoms with E-state index in [1.54, 1.807) is 18.2 Å². The molecule has 0 fully saturated rings. The van der Waals surface area contributed by atoms with Gasteiger partial charge in [-0.3, -0.25) is 14.9 Å². The summed E-state index contributed by atoms with van der Waals surface area (Å²) >= 11 is 5.37. The molecule has 2 rings (SSSR count). The average Bonchev–Trinajstić information content (AvgIpc) is 2.43. The number of nitro groups is 1. The zero-order valence-electron chi connectivity index (χ0n) is 10.9. The molecule has 1 amide bonds. The van der Waals surface area contributed by atoms with Crippen LogP contribution in [0.4, 0.5) is 11.4 Å². The Bertz CT molecular complexity index is 734. The number of non-ortho nitro benzene ring substituents is 1. The molecule has 2 aromatic carbocycles. The molecule has 0 aliphatic carbocycles. The molecule has 0 saturated carbocycles. The normalized spacial score (nSPS) is 10.2. The standard InChI is InChI=1S/C14H10BrIN2O3/c1-8-2-3-9(6-12(8)15)17-14(19)11-7-10(18(20)21)4-5-13(11)16/h2-7H,1H3,(H,17,19). The first-order valence-electron chi connectivity index (χ1n) is 5.90. The van der Waals surface area contributed by atoms with E-state index >= 15 is 0 Å². The number of hydrogen-bond donors (Lipinski definition) is 1. The van der Waals surface area contributed by atoms with E-state index in [0.29, 0.717) is 9.26 Å². The lowest BCUT2D eigenvalue weighted by Crippen LogP contribution is -2.13. The van der Waals surface area contributed by atoms with Gasteiger partial charge in [-0.15, -0.1) is 0 Å². The highest BCUT2D eigenvalue weighted by Gasteiger charge is 2.15. The summed E-state index contributed by atoms with van der Waals surface area (Å²) < 4.78 is 1.54. The number of hydrogen-bond acceptors (Lipinski definition) is 3. The number of anilines is 1. The Hall–Kier alpha value is -1.48. The van der Waals surface area contributed by atoms with E-state index in [-0.39, 0.29) is 17.2 Å². The van der Waals surface area contributed by atoms with Crippen molar-refractivity contribution in [2.24, 2.45) is 0 Å². The van der Waals surface area contributed by atoms with Crippen LogP contribution in [0.2, 0.25) is 0 Å². The Kier molecular flexibility index (Phi) is 4.94. The van der Waals surface area contributed by atoms with Crippen LogP contribution in [0, 0.1) is 20.6 Å². The lowest BCUT2D eigenvalue weighted by atomic mass is 10.1. The molecule has 0 radical (unpaired) electrons. The molecule has 21 heavy (non-hydrogen) atoms. The van der Waals surface area contributed by atoms with Gasteiger partial charge in [-0.05, 0) is 53.3 Å². The fraction of sp³-hybridized carbons (Fsp3) is 0.0714. The van der Waals surface area contributed by atoms with Gasteiger partial charge in [0.05, 0.1) is 10.5 Å². The van der Waals surface area contributed by atoms with E-state index in [2.05, 4.69) is 21.2 Å². The number of nitrogens with one attached hydrogen (secondary N) is 1. The molecule has 0 aromatic heterocycles. The van der Waals surface area contributed by atoms with Crippen LogP contribution < -0.4 is 5.32 Å². The molecular formula is C14H10BrIN2O3. The predicted molar refractivity (Wildman–Crippen MR) is 92.6 cm³/mol. The lowest BCUT2D eigenvalue weighted by Gasteiger charge is -2.08. The first kappa shape index (κ1) is 15.9. The highest BCUT2D eigenvalue weighted by Crippen LogP contribution is 2.23. The average molecular weight is 461 g/mol. The summed E-state index contributed by atoms with van der Waals surface area (Å²) in [7, 11) is 0. The van der Waals surface area contributed by atoms with Gasteiger partial charge in [0.2, 0.25) is 0 Å². The van der Waals surface area contributed by atoms with Gasteiger partial charge in [0.15, 0.2) is 0 Å². The van der Waals surface area contributed by atoms with E-state index in [0.717, 1.165) is 10.0 Å². The monoisotopic (exact) mass is 460 g/mol. The van der Waals surface area contributed by atoms with Crippen molar-refractivity contribution in [3.05, 3.63) is 65.7 Å². The second-order valence-electron chi connectivity index (χ2n) is 4.34. The third-order valence-electron chi connectivity index (χ3n) is 2.84. The summed E-state index contributed by atoms with van der Waals surface area (Å²) in [6.45, 7) is 1.94. The van der Waals surface area contributed by atoms with Crippen molar-refractivity contribution >= 4 is 55.8 Å². The van der Waals surface area contributed by atoms with Crippen LogP contribution in [0.3, 0.4) is 0 Å². The van der Waals surface area contributed by atoms with Crippen molar-refractivity contribution in [3.8, 4) is 0 Å². The van der Waals surface area contributed by atoms with Crippen LogP contribution >= 0.6 is 38.5 Å². The molecule has 0 heterocycles.